The SMILES string of the molecule is C[C@H](NCC(=O)N(C)C1CC1)c1ccco1. The van der Waals surface area contributed by atoms with Gasteiger partial charge in [0.1, 0.15) is 5.76 Å². The van der Waals surface area contributed by atoms with E-state index in [4.69, 9.17) is 4.42 Å². The van der Waals surface area contributed by atoms with Gasteiger partial charge in [0.25, 0.3) is 0 Å². The number of nitrogens with one attached hydrogen (secondary N) is 1. The van der Waals surface area contributed by atoms with Gasteiger partial charge in [-0.2, -0.15) is 0 Å². The second kappa shape index (κ2) is 4.70. The van der Waals surface area contributed by atoms with E-state index in [0.717, 1.165) is 18.6 Å². The first-order valence-electron chi connectivity index (χ1n) is 5.71. The number of likely N-dealkylation sites (N-methyl/N-ethyl adjacent to an activating group) is 1. The second-order valence-corrected chi connectivity index (χ2v) is 4.35. The maximum atomic E-state index is 11.7. The molecule has 2 rings (SSSR count). The fourth-order valence-corrected chi connectivity index (χ4v) is 1.67. The topological polar surface area (TPSA) is 45.5 Å². The highest BCUT2D eigenvalue weighted by molar-refractivity contribution is 5.78. The van der Waals surface area contributed by atoms with Gasteiger partial charge in [-0.15, -0.1) is 0 Å². The summed E-state index contributed by atoms with van der Waals surface area (Å²) in [7, 11) is 1.87. The maximum Gasteiger partial charge on any atom is 0.236 e. The Kier molecular flexibility index (Phi) is 3.29. The normalized spacial score (nSPS) is 17.1. The van der Waals surface area contributed by atoms with Crippen molar-refractivity contribution in [2.45, 2.75) is 31.8 Å². The van der Waals surface area contributed by atoms with Crippen LogP contribution in [-0.2, 0) is 4.79 Å². The van der Waals surface area contributed by atoms with E-state index < -0.39 is 0 Å². The van der Waals surface area contributed by atoms with Gasteiger partial charge in [-0.25, -0.2) is 0 Å². The van der Waals surface area contributed by atoms with Gasteiger partial charge in [-0.3, -0.25) is 10.1 Å². The number of hydrogen-bond donors (Lipinski definition) is 1. The van der Waals surface area contributed by atoms with Crippen molar-refractivity contribution in [3.05, 3.63) is 24.2 Å². The van der Waals surface area contributed by atoms with Crippen LogP contribution in [0.1, 0.15) is 31.6 Å². The van der Waals surface area contributed by atoms with E-state index in [0.29, 0.717) is 12.6 Å². The molecule has 0 bridgehead atoms. The highest BCUT2D eigenvalue weighted by Crippen LogP contribution is 2.25. The minimum atomic E-state index is 0.0755. The number of carbonyl (C=O) groups is 1. The molecular weight excluding hydrogens is 204 g/mol. The molecule has 1 N–H and O–H groups in total. The first-order valence-corrected chi connectivity index (χ1v) is 5.71. The molecule has 0 aliphatic heterocycles. The molecule has 1 aliphatic carbocycles. The van der Waals surface area contributed by atoms with Crippen molar-refractivity contribution < 1.29 is 9.21 Å². The van der Waals surface area contributed by atoms with E-state index in [2.05, 4.69) is 5.32 Å². The maximum absolute atomic E-state index is 11.7. The Bertz CT molecular complexity index is 344. The molecule has 1 saturated carbocycles. The molecule has 4 nitrogen and oxygen atoms in total. The van der Waals surface area contributed by atoms with Crippen LogP contribution in [0.25, 0.3) is 0 Å². The standard InChI is InChI=1S/C12H18N2O2/c1-9(11-4-3-7-16-11)13-8-12(15)14(2)10-5-6-10/h3-4,7,9-10,13H,5-6,8H2,1-2H3/t9-/m0/s1. The van der Waals surface area contributed by atoms with Crippen LogP contribution in [0.15, 0.2) is 22.8 Å². The third-order valence-corrected chi connectivity index (χ3v) is 3.02. The minimum absolute atomic E-state index is 0.0755. The summed E-state index contributed by atoms with van der Waals surface area (Å²) in [5.41, 5.74) is 0. The molecule has 1 fully saturated rings. The van der Waals surface area contributed by atoms with Crippen LogP contribution in [0.2, 0.25) is 0 Å². The summed E-state index contributed by atoms with van der Waals surface area (Å²) in [6.45, 7) is 2.36. The van der Waals surface area contributed by atoms with Gasteiger partial charge in [0.15, 0.2) is 0 Å². The number of hydrogen-bond acceptors (Lipinski definition) is 3. The molecule has 1 aromatic heterocycles. The van der Waals surface area contributed by atoms with Crippen molar-refractivity contribution in [2.75, 3.05) is 13.6 Å². The molecule has 1 heterocycles. The lowest BCUT2D eigenvalue weighted by Crippen LogP contribution is -2.37. The van der Waals surface area contributed by atoms with Crippen LogP contribution in [0.5, 0.6) is 0 Å². The molecule has 16 heavy (non-hydrogen) atoms. The monoisotopic (exact) mass is 222 g/mol. The van der Waals surface area contributed by atoms with E-state index in [1.54, 1.807) is 6.26 Å². The van der Waals surface area contributed by atoms with Gasteiger partial charge in [0.05, 0.1) is 18.8 Å². The Balaban J connectivity index is 1.76. The molecule has 0 saturated heterocycles. The van der Waals surface area contributed by atoms with Gasteiger partial charge in [-0.1, -0.05) is 0 Å². The van der Waals surface area contributed by atoms with Gasteiger partial charge in [-0.05, 0) is 31.9 Å². The van der Waals surface area contributed by atoms with Crippen LogP contribution in [0, 0.1) is 0 Å². The van der Waals surface area contributed by atoms with Crippen LogP contribution in [0.3, 0.4) is 0 Å². The lowest BCUT2D eigenvalue weighted by Gasteiger charge is -2.18. The quantitative estimate of drug-likeness (QED) is 0.822. The highest BCUT2D eigenvalue weighted by atomic mass is 16.3. The zero-order chi connectivity index (χ0) is 11.5. The van der Waals surface area contributed by atoms with Crippen LogP contribution in [-0.4, -0.2) is 30.4 Å². The third-order valence-electron chi connectivity index (χ3n) is 3.02. The highest BCUT2D eigenvalue weighted by Gasteiger charge is 2.29. The number of amides is 1. The molecule has 1 amide bonds. The summed E-state index contributed by atoms with van der Waals surface area (Å²) >= 11 is 0. The average Bonchev–Trinajstić information content (AvgIpc) is 2.99. The van der Waals surface area contributed by atoms with Gasteiger partial charge >= 0.3 is 0 Å². The smallest absolute Gasteiger partial charge is 0.236 e. The largest absolute Gasteiger partial charge is 0.468 e. The van der Waals surface area contributed by atoms with Gasteiger partial charge < -0.3 is 9.32 Å². The van der Waals surface area contributed by atoms with Crippen molar-refractivity contribution in [1.82, 2.24) is 10.2 Å². The third kappa shape index (κ3) is 2.64. The first-order chi connectivity index (χ1) is 7.68. The molecule has 1 aromatic rings. The fourth-order valence-electron chi connectivity index (χ4n) is 1.67. The molecule has 0 unspecified atom stereocenters. The minimum Gasteiger partial charge on any atom is -0.468 e. The Morgan fingerprint density at radius 3 is 3.00 bits per heavy atom. The molecule has 0 aromatic carbocycles. The number of carbonyl (C=O) groups excluding carboxylic acids is 1. The Morgan fingerprint density at radius 1 is 1.69 bits per heavy atom. The predicted octanol–water partition coefficient (Wildman–Crippen LogP) is 1.55. The Morgan fingerprint density at radius 2 is 2.44 bits per heavy atom. The zero-order valence-electron chi connectivity index (χ0n) is 9.77. The van der Waals surface area contributed by atoms with E-state index >= 15 is 0 Å². The molecule has 88 valence electrons. The Labute approximate surface area is 95.6 Å². The van der Waals surface area contributed by atoms with Gasteiger partial charge in [0.2, 0.25) is 5.91 Å². The van der Waals surface area contributed by atoms with Crippen LogP contribution >= 0.6 is 0 Å². The second-order valence-electron chi connectivity index (χ2n) is 4.35. The molecule has 1 atom stereocenters. The van der Waals surface area contributed by atoms with Crippen molar-refractivity contribution in [3.8, 4) is 0 Å². The molecule has 0 radical (unpaired) electrons. The summed E-state index contributed by atoms with van der Waals surface area (Å²) in [4.78, 5) is 13.6. The van der Waals surface area contributed by atoms with Gasteiger partial charge in [0, 0.05) is 13.1 Å². The van der Waals surface area contributed by atoms with Crippen molar-refractivity contribution in [1.29, 1.82) is 0 Å². The van der Waals surface area contributed by atoms with Crippen molar-refractivity contribution in [2.24, 2.45) is 0 Å². The zero-order valence-corrected chi connectivity index (χ0v) is 9.77. The average molecular weight is 222 g/mol. The lowest BCUT2D eigenvalue weighted by atomic mass is 10.2. The van der Waals surface area contributed by atoms with Crippen molar-refractivity contribution >= 4 is 5.91 Å². The molecular formula is C12H18N2O2. The fraction of sp³-hybridized carbons (Fsp3) is 0.583. The number of nitrogens with zero attached hydrogens (tertiary/aromatic N) is 1. The summed E-state index contributed by atoms with van der Waals surface area (Å²) < 4.78 is 5.26. The first kappa shape index (κ1) is 11.2. The van der Waals surface area contributed by atoms with E-state index in [-0.39, 0.29) is 11.9 Å². The summed E-state index contributed by atoms with van der Waals surface area (Å²) in [6, 6.07) is 4.32. The Hall–Kier alpha value is -1.29. The molecule has 4 heteroatoms. The summed E-state index contributed by atoms with van der Waals surface area (Å²) in [5.74, 6) is 1.02. The lowest BCUT2D eigenvalue weighted by molar-refractivity contribution is -0.129. The molecule has 1 aliphatic rings. The summed E-state index contributed by atoms with van der Waals surface area (Å²) in [5, 5.41) is 3.16. The number of rotatable bonds is 5. The summed E-state index contributed by atoms with van der Waals surface area (Å²) in [6.07, 6.45) is 3.94. The number of furan rings is 1. The van der Waals surface area contributed by atoms with Crippen molar-refractivity contribution in [3.63, 3.8) is 0 Å². The van der Waals surface area contributed by atoms with E-state index in [9.17, 15) is 4.79 Å². The predicted molar refractivity (Wildman–Crippen MR) is 60.9 cm³/mol. The van der Waals surface area contributed by atoms with E-state index in [1.165, 1.54) is 0 Å². The molecule has 0 spiro atoms. The van der Waals surface area contributed by atoms with Crippen LogP contribution < -0.4 is 5.32 Å². The van der Waals surface area contributed by atoms with E-state index in [1.807, 2.05) is 31.0 Å². The van der Waals surface area contributed by atoms with Crippen LogP contribution in [0.4, 0.5) is 0 Å².